The molecular weight excluding hydrogens is 487 g/mol. The Hall–Kier alpha value is -2.83. The number of furan rings is 1. The molecule has 3 aromatic carbocycles. The van der Waals surface area contributed by atoms with E-state index < -0.39 is 5.91 Å². The lowest BCUT2D eigenvalue weighted by Crippen LogP contribution is -2.12. The Morgan fingerprint density at radius 2 is 1.75 bits per heavy atom. The molecule has 0 fully saturated rings. The zero-order chi connectivity index (χ0) is 22.2. The Bertz CT molecular complexity index is 1440. The lowest BCUT2D eigenvalue weighted by Gasteiger charge is -2.11. The number of anilines is 1. The van der Waals surface area contributed by atoms with E-state index in [-0.39, 0.29) is 5.76 Å². The van der Waals surface area contributed by atoms with E-state index in [1.165, 1.54) is 11.3 Å². The standard InChI is InChI=1S/C24H13Cl3N2O2S/c25-14-5-3-4-13(10-14)19-8-9-20(31-19)23(30)29-22-16(11-15(26)12-17(22)27)24-28-18-6-1-2-7-21(18)32-24/h1-12H,(H,29,30). The van der Waals surface area contributed by atoms with Crippen molar-refractivity contribution in [2.24, 2.45) is 0 Å². The predicted molar refractivity (Wildman–Crippen MR) is 132 cm³/mol. The lowest BCUT2D eigenvalue weighted by molar-refractivity contribution is 0.0997. The third-order valence-electron chi connectivity index (χ3n) is 4.76. The molecule has 0 aliphatic heterocycles. The highest BCUT2D eigenvalue weighted by atomic mass is 35.5. The minimum Gasteiger partial charge on any atom is -0.451 e. The highest BCUT2D eigenvalue weighted by Gasteiger charge is 2.20. The molecule has 0 radical (unpaired) electrons. The van der Waals surface area contributed by atoms with Gasteiger partial charge in [0.2, 0.25) is 0 Å². The molecule has 0 unspecified atom stereocenters. The number of benzene rings is 3. The molecule has 1 N–H and O–H groups in total. The fourth-order valence-electron chi connectivity index (χ4n) is 3.29. The summed E-state index contributed by atoms with van der Waals surface area (Å²) < 4.78 is 6.78. The van der Waals surface area contributed by atoms with Crippen LogP contribution in [0.1, 0.15) is 10.6 Å². The summed E-state index contributed by atoms with van der Waals surface area (Å²) in [6.45, 7) is 0. The zero-order valence-corrected chi connectivity index (χ0v) is 19.3. The monoisotopic (exact) mass is 498 g/mol. The second kappa shape index (κ2) is 8.60. The van der Waals surface area contributed by atoms with Crippen molar-refractivity contribution in [3.8, 4) is 21.9 Å². The summed E-state index contributed by atoms with van der Waals surface area (Å²) in [6.07, 6.45) is 0. The first-order valence-electron chi connectivity index (χ1n) is 9.50. The summed E-state index contributed by atoms with van der Waals surface area (Å²) in [4.78, 5) is 17.7. The van der Waals surface area contributed by atoms with Crippen molar-refractivity contribution >= 4 is 68.0 Å². The van der Waals surface area contributed by atoms with Crippen LogP contribution in [0.2, 0.25) is 15.1 Å². The van der Waals surface area contributed by atoms with Gasteiger partial charge in [0.15, 0.2) is 5.76 Å². The topological polar surface area (TPSA) is 55.1 Å². The molecular formula is C24H13Cl3N2O2S. The summed E-state index contributed by atoms with van der Waals surface area (Å²) in [7, 11) is 0. The Morgan fingerprint density at radius 1 is 0.906 bits per heavy atom. The highest BCUT2D eigenvalue weighted by Crippen LogP contribution is 2.40. The number of halogens is 3. The van der Waals surface area contributed by atoms with E-state index in [2.05, 4.69) is 10.3 Å². The second-order valence-electron chi connectivity index (χ2n) is 6.93. The van der Waals surface area contributed by atoms with Crippen molar-refractivity contribution in [2.75, 3.05) is 5.32 Å². The van der Waals surface area contributed by atoms with E-state index >= 15 is 0 Å². The van der Waals surface area contributed by atoms with Crippen molar-refractivity contribution in [1.82, 2.24) is 4.98 Å². The number of thiazole rings is 1. The smallest absolute Gasteiger partial charge is 0.291 e. The Kier molecular flexibility index (Phi) is 5.66. The van der Waals surface area contributed by atoms with Gasteiger partial charge in [-0.05, 0) is 48.5 Å². The fraction of sp³-hybridized carbons (Fsp3) is 0. The molecule has 158 valence electrons. The maximum absolute atomic E-state index is 13.0. The molecule has 0 atom stereocenters. The molecule has 0 saturated heterocycles. The summed E-state index contributed by atoms with van der Waals surface area (Å²) in [5, 5.41) is 4.89. The van der Waals surface area contributed by atoms with Gasteiger partial charge in [-0.1, -0.05) is 59.1 Å². The quantitative estimate of drug-likeness (QED) is 0.270. The Labute approximate surface area is 202 Å². The number of para-hydroxylation sites is 1. The van der Waals surface area contributed by atoms with Crippen molar-refractivity contribution < 1.29 is 9.21 Å². The fourth-order valence-corrected chi connectivity index (χ4v) is 5.01. The maximum Gasteiger partial charge on any atom is 0.291 e. The molecule has 8 heteroatoms. The van der Waals surface area contributed by atoms with E-state index in [0.717, 1.165) is 15.8 Å². The Morgan fingerprint density at radius 3 is 2.56 bits per heavy atom. The number of nitrogens with zero attached hydrogens (tertiary/aromatic N) is 1. The molecule has 32 heavy (non-hydrogen) atoms. The van der Waals surface area contributed by atoms with Gasteiger partial charge < -0.3 is 9.73 Å². The number of hydrogen-bond donors (Lipinski definition) is 1. The first-order valence-corrected chi connectivity index (χ1v) is 11.4. The molecule has 5 rings (SSSR count). The van der Waals surface area contributed by atoms with Gasteiger partial charge in [0.05, 0.1) is 20.9 Å². The number of hydrogen-bond acceptors (Lipinski definition) is 4. The number of aromatic nitrogens is 1. The van der Waals surface area contributed by atoms with Gasteiger partial charge in [-0.25, -0.2) is 4.98 Å². The minimum atomic E-state index is -0.440. The van der Waals surface area contributed by atoms with E-state index in [4.69, 9.17) is 39.2 Å². The van der Waals surface area contributed by atoms with Gasteiger partial charge in [-0.15, -0.1) is 11.3 Å². The lowest BCUT2D eigenvalue weighted by atomic mass is 10.1. The van der Waals surface area contributed by atoms with Crippen LogP contribution in [-0.4, -0.2) is 10.9 Å². The first kappa shape index (κ1) is 21.0. The molecule has 0 aliphatic rings. The van der Waals surface area contributed by atoms with Gasteiger partial charge in [0.25, 0.3) is 5.91 Å². The van der Waals surface area contributed by atoms with E-state index in [0.29, 0.717) is 37.1 Å². The van der Waals surface area contributed by atoms with Crippen LogP contribution < -0.4 is 5.32 Å². The summed E-state index contributed by atoms with van der Waals surface area (Å²) >= 11 is 20.3. The van der Waals surface area contributed by atoms with Crippen molar-refractivity contribution in [1.29, 1.82) is 0 Å². The molecule has 2 heterocycles. The summed E-state index contributed by atoms with van der Waals surface area (Å²) in [5.74, 6) is 0.234. The van der Waals surface area contributed by atoms with Crippen LogP contribution in [0, 0.1) is 0 Å². The number of carbonyl (C=O) groups excluding carboxylic acids is 1. The molecule has 0 saturated carbocycles. The molecule has 1 amide bonds. The number of amides is 1. The van der Waals surface area contributed by atoms with Crippen molar-refractivity contribution in [3.63, 3.8) is 0 Å². The average Bonchev–Trinajstić information content (AvgIpc) is 3.43. The van der Waals surface area contributed by atoms with Gasteiger partial charge in [-0.3, -0.25) is 4.79 Å². The summed E-state index contributed by atoms with van der Waals surface area (Å²) in [6, 6.07) is 21.6. The molecule has 0 bridgehead atoms. The van der Waals surface area contributed by atoms with E-state index in [1.807, 2.05) is 36.4 Å². The number of carbonyl (C=O) groups is 1. The highest BCUT2D eigenvalue weighted by molar-refractivity contribution is 7.21. The van der Waals surface area contributed by atoms with Crippen LogP contribution in [-0.2, 0) is 0 Å². The molecule has 4 nitrogen and oxygen atoms in total. The van der Waals surface area contributed by atoms with Crippen molar-refractivity contribution in [3.05, 3.63) is 93.6 Å². The van der Waals surface area contributed by atoms with Crippen molar-refractivity contribution in [2.45, 2.75) is 0 Å². The van der Waals surface area contributed by atoms with Crippen LogP contribution in [0.5, 0.6) is 0 Å². The van der Waals surface area contributed by atoms with E-state index in [1.54, 1.807) is 36.4 Å². The Balaban J connectivity index is 1.50. The normalized spacial score (nSPS) is 11.1. The first-order chi connectivity index (χ1) is 15.5. The largest absolute Gasteiger partial charge is 0.451 e. The van der Waals surface area contributed by atoms with Gasteiger partial charge in [0, 0.05) is 21.2 Å². The third-order valence-corrected chi connectivity index (χ3v) is 6.58. The van der Waals surface area contributed by atoms with Crippen LogP contribution in [0.25, 0.3) is 32.1 Å². The second-order valence-corrected chi connectivity index (χ2v) is 9.24. The molecule has 2 aromatic heterocycles. The number of fused-ring (bicyclic) bond motifs is 1. The maximum atomic E-state index is 13.0. The van der Waals surface area contributed by atoms with Crippen LogP contribution >= 0.6 is 46.1 Å². The molecule has 5 aromatic rings. The molecule has 0 spiro atoms. The minimum absolute atomic E-state index is 0.140. The number of rotatable bonds is 4. The van der Waals surface area contributed by atoms with Crippen LogP contribution in [0.4, 0.5) is 5.69 Å². The SMILES string of the molecule is O=C(Nc1c(Cl)cc(Cl)cc1-c1nc2ccccc2s1)c1ccc(-c2cccc(Cl)c2)o1. The van der Waals surface area contributed by atoms with Gasteiger partial charge >= 0.3 is 0 Å². The molecule has 0 aliphatic carbocycles. The van der Waals surface area contributed by atoms with Gasteiger partial charge in [0.1, 0.15) is 10.8 Å². The van der Waals surface area contributed by atoms with Crippen LogP contribution in [0.3, 0.4) is 0 Å². The van der Waals surface area contributed by atoms with Gasteiger partial charge in [-0.2, -0.15) is 0 Å². The summed E-state index contributed by atoms with van der Waals surface area (Å²) in [5.41, 5.74) is 2.69. The zero-order valence-electron chi connectivity index (χ0n) is 16.2. The van der Waals surface area contributed by atoms with E-state index in [9.17, 15) is 4.79 Å². The third kappa shape index (κ3) is 4.12. The number of nitrogens with one attached hydrogen (secondary N) is 1. The van der Waals surface area contributed by atoms with Crippen LogP contribution in [0.15, 0.2) is 77.2 Å². The predicted octanol–water partition coefficient (Wildman–Crippen LogP) is 8.44. The average molecular weight is 500 g/mol.